The molecule has 0 bridgehead atoms. The van der Waals surface area contributed by atoms with Crippen LogP contribution in [0.5, 0.6) is 11.6 Å². The van der Waals surface area contributed by atoms with Crippen molar-refractivity contribution in [2.24, 2.45) is 0 Å². The summed E-state index contributed by atoms with van der Waals surface area (Å²) in [6, 6.07) is 4.87. The number of aromatic nitrogens is 1. The number of pyridine rings is 1. The lowest BCUT2D eigenvalue weighted by atomic mass is 10.1. The van der Waals surface area contributed by atoms with Crippen LogP contribution in [0.3, 0.4) is 0 Å². The van der Waals surface area contributed by atoms with Gasteiger partial charge in [0.15, 0.2) is 5.82 Å². The van der Waals surface area contributed by atoms with E-state index in [0.717, 1.165) is 11.1 Å². The minimum absolute atomic E-state index is 0.0652. The van der Waals surface area contributed by atoms with Crippen LogP contribution in [-0.2, 0) is 0 Å². The second kappa shape index (κ2) is 4.94. The number of hydrogen-bond donors (Lipinski definition) is 1. The number of benzene rings is 1. The molecule has 0 atom stereocenters. The fourth-order valence-corrected chi connectivity index (χ4v) is 1.84. The van der Waals surface area contributed by atoms with Crippen LogP contribution in [0.15, 0.2) is 28.9 Å². The third-order valence-corrected chi connectivity index (χ3v) is 2.98. The Morgan fingerprint density at radius 1 is 1.22 bits per heavy atom. The van der Waals surface area contributed by atoms with E-state index in [2.05, 4.69) is 20.9 Å². The summed E-state index contributed by atoms with van der Waals surface area (Å²) in [7, 11) is 0. The number of aryl methyl sites for hydroxylation is 2. The van der Waals surface area contributed by atoms with E-state index in [0.29, 0.717) is 15.9 Å². The highest BCUT2D eigenvalue weighted by atomic mass is 79.9. The number of nitrogen functional groups attached to an aromatic ring is 1. The summed E-state index contributed by atoms with van der Waals surface area (Å²) in [5.74, 6) is -0.0840. The lowest BCUT2D eigenvalue weighted by molar-refractivity contribution is 0.420. The van der Waals surface area contributed by atoms with Crippen LogP contribution in [0, 0.1) is 19.7 Å². The van der Waals surface area contributed by atoms with Crippen molar-refractivity contribution in [3.63, 3.8) is 0 Å². The van der Waals surface area contributed by atoms with Crippen molar-refractivity contribution in [1.82, 2.24) is 4.98 Å². The van der Waals surface area contributed by atoms with Crippen LogP contribution in [-0.4, -0.2) is 4.98 Å². The highest BCUT2D eigenvalue weighted by molar-refractivity contribution is 9.10. The molecule has 5 heteroatoms. The zero-order valence-electron chi connectivity index (χ0n) is 10.00. The maximum atomic E-state index is 13.6. The summed E-state index contributed by atoms with van der Waals surface area (Å²) >= 11 is 3.14. The molecule has 1 aromatic heterocycles. The first kappa shape index (κ1) is 12.8. The van der Waals surface area contributed by atoms with E-state index in [1.165, 1.54) is 12.3 Å². The molecule has 94 valence electrons. The molecule has 0 amide bonds. The quantitative estimate of drug-likeness (QED) is 0.854. The number of ether oxygens (including phenoxy) is 1. The Hall–Kier alpha value is -1.62. The lowest BCUT2D eigenvalue weighted by Gasteiger charge is -2.11. The molecule has 2 N–H and O–H groups in total. The highest BCUT2D eigenvalue weighted by Gasteiger charge is 2.10. The molecule has 0 aliphatic carbocycles. The van der Waals surface area contributed by atoms with Gasteiger partial charge in [-0.1, -0.05) is 6.07 Å². The first-order valence-electron chi connectivity index (χ1n) is 5.33. The monoisotopic (exact) mass is 310 g/mol. The van der Waals surface area contributed by atoms with E-state index in [1.807, 2.05) is 19.9 Å². The van der Waals surface area contributed by atoms with Gasteiger partial charge in [0, 0.05) is 22.4 Å². The fraction of sp³-hybridized carbons (Fsp3) is 0.154. The first-order chi connectivity index (χ1) is 8.47. The van der Waals surface area contributed by atoms with E-state index in [-0.39, 0.29) is 5.88 Å². The van der Waals surface area contributed by atoms with Gasteiger partial charge in [-0.15, -0.1) is 0 Å². The van der Waals surface area contributed by atoms with E-state index in [1.54, 1.807) is 6.07 Å². The lowest BCUT2D eigenvalue weighted by Crippen LogP contribution is -1.97. The van der Waals surface area contributed by atoms with Gasteiger partial charge in [0.25, 0.3) is 5.88 Å². The topological polar surface area (TPSA) is 48.1 Å². The summed E-state index contributed by atoms with van der Waals surface area (Å²) in [5.41, 5.74) is 8.25. The molecule has 18 heavy (non-hydrogen) atoms. The fourth-order valence-electron chi connectivity index (χ4n) is 1.54. The third-order valence-electron chi connectivity index (χ3n) is 2.54. The predicted octanol–water partition coefficient (Wildman–Crippen LogP) is 3.97. The van der Waals surface area contributed by atoms with Gasteiger partial charge < -0.3 is 10.5 Å². The summed E-state index contributed by atoms with van der Waals surface area (Å²) in [6.07, 6.45) is 1.48. The molecule has 0 radical (unpaired) electrons. The van der Waals surface area contributed by atoms with Gasteiger partial charge in [0.1, 0.15) is 5.75 Å². The molecular weight excluding hydrogens is 299 g/mol. The summed E-state index contributed by atoms with van der Waals surface area (Å²) in [4.78, 5) is 3.88. The SMILES string of the molecule is Cc1cc(C)c(Oc2ncc(Br)cc2F)cc1N. The Kier molecular flexibility index (Phi) is 3.52. The number of hydrogen-bond acceptors (Lipinski definition) is 3. The summed E-state index contributed by atoms with van der Waals surface area (Å²) in [5, 5.41) is 0. The van der Waals surface area contributed by atoms with Gasteiger partial charge >= 0.3 is 0 Å². The molecule has 0 aliphatic heterocycles. The molecule has 0 saturated carbocycles. The zero-order valence-corrected chi connectivity index (χ0v) is 11.6. The molecular formula is C13H12BrFN2O. The van der Waals surface area contributed by atoms with Gasteiger partial charge in [-0.2, -0.15) is 0 Å². The molecule has 3 nitrogen and oxygen atoms in total. The molecule has 0 aliphatic rings. The molecule has 0 spiro atoms. The van der Waals surface area contributed by atoms with Crippen molar-refractivity contribution in [3.05, 3.63) is 45.8 Å². The molecule has 1 aromatic carbocycles. The van der Waals surface area contributed by atoms with E-state index >= 15 is 0 Å². The molecule has 0 fully saturated rings. The number of anilines is 1. The van der Waals surface area contributed by atoms with Crippen LogP contribution >= 0.6 is 15.9 Å². The van der Waals surface area contributed by atoms with Crippen LogP contribution in [0.25, 0.3) is 0 Å². The Morgan fingerprint density at radius 3 is 2.61 bits per heavy atom. The third kappa shape index (κ3) is 2.61. The summed E-state index contributed by atoms with van der Waals surface area (Å²) in [6.45, 7) is 3.78. The van der Waals surface area contributed by atoms with Crippen molar-refractivity contribution < 1.29 is 9.13 Å². The average Bonchev–Trinajstić information content (AvgIpc) is 2.29. The first-order valence-corrected chi connectivity index (χ1v) is 6.12. The Balaban J connectivity index is 2.37. The van der Waals surface area contributed by atoms with Gasteiger partial charge in [-0.25, -0.2) is 9.37 Å². The van der Waals surface area contributed by atoms with E-state index in [9.17, 15) is 4.39 Å². The Bertz CT molecular complexity index is 602. The Morgan fingerprint density at radius 2 is 1.94 bits per heavy atom. The Labute approximate surface area is 113 Å². The maximum Gasteiger partial charge on any atom is 0.255 e. The van der Waals surface area contributed by atoms with Crippen LogP contribution in [0.4, 0.5) is 10.1 Å². The van der Waals surface area contributed by atoms with Crippen LogP contribution < -0.4 is 10.5 Å². The van der Waals surface area contributed by atoms with Gasteiger partial charge in [-0.3, -0.25) is 0 Å². The zero-order chi connectivity index (χ0) is 13.3. The minimum atomic E-state index is -0.525. The standard InChI is InChI=1S/C13H12BrFN2O/c1-7-3-8(2)12(5-11(7)16)18-13-10(15)4-9(14)6-17-13/h3-6H,16H2,1-2H3. The second-order valence-corrected chi connectivity index (χ2v) is 4.93. The smallest absolute Gasteiger partial charge is 0.255 e. The van der Waals surface area contributed by atoms with Crippen molar-refractivity contribution in [3.8, 4) is 11.6 Å². The number of rotatable bonds is 2. The van der Waals surface area contributed by atoms with Gasteiger partial charge in [-0.05, 0) is 47.0 Å². The maximum absolute atomic E-state index is 13.6. The number of halogens is 2. The molecule has 0 unspecified atom stereocenters. The molecule has 2 rings (SSSR count). The minimum Gasteiger partial charge on any atom is -0.436 e. The number of nitrogens with two attached hydrogens (primary N) is 1. The highest BCUT2D eigenvalue weighted by Crippen LogP contribution is 2.30. The summed E-state index contributed by atoms with van der Waals surface area (Å²) < 4.78 is 19.6. The molecule has 2 aromatic rings. The van der Waals surface area contributed by atoms with Gasteiger partial charge in [0.2, 0.25) is 0 Å². The average molecular weight is 311 g/mol. The van der Waals surface area contributed by atoms with Crippen LogP contribution in [0.1, 0.15) is 11.1 Å². The second-order valence-electron chi connectivity index (χ2n) is 4.02. The van der Waals surface area contributed by atoms with E-state index < -0.39 is 5.82 Å². The van der Waals surface area contributed by atoms with E-state index in [4.69, 9.17) is 10.5 Å². The number of nitrogens with zero attached hydrogens (tertiary/aromatic N) is 1. The van der Waals surface area contributed by atoms with Crippen molar-refractivity contribution >= 4 is 21.6 Å². The molecule has 0 saturated heterocycles. The van der Waals surface area contributed by atoms with Crippen molar-refractivity contribution in [2.45, 2.75) is 13.8 Å². The normalized spacial score (nSPS) is 10.4. The van der Waals surface area contributed by atoms with Crippen LogP contribution in [0.2, 0.25) is 0 Å². The molecule has 1 heterocycles. The van der Waals surface area contributed by atoms with Gasteiger partial charge in [0.05, 0.1) is 0 Å². The predicted molar refractivity (Wildman–Crippen MR) is 72.3 cm³/mol. The van der Waals surface area contributed by atoms with Crippen molar-refractivity contribution in [1.29, 1.82) is 0 Å². The largest absolute Gasteiger partial charge is 0.436 e. The van der Waals surface area contributed by atoms with Crippen molar-refractivity contribution in [2.75, 3.05) is 5.73 Å².